The molecule has 0 unspecified atom stereocenters. The number of Topliss-reactive ketones (excluding diaryl/α,β-unsaturated/α-hetero) is 1. The van der Waals surface area contributed by atoms with Crippen LogP contribution >= 0.6 is 11.8 Å². The third-order valence-electron chi connectivity index (χ3n) is 2.47. The lowest BCUT2D eigenvalue weighted by atomic mass is 9.78. The highest BCUT2D eigenvalue weighted by Gasteiger charge is 2.57. The molecule has 6 nitrogen and oxygen atoms in total. The second-order valence-corrected chi connectivity index (χ2v) is 4.18. The molecule has 0 heterocycles. The van der Waals surface area contributed by atoms with E-state index in [-0.39, 0.29) is 0 Å². The van der Waals surface area contributed by atoms with Gasteiger partial charge in [0.25, 0.3) is 0 Å². The molecule has 0 aromatic heterocycles. The van der Waals surface area contributed by atoms with Crippen LogP contribution in [0.2, 0.25) is 0 Å². The van der Waals surface area contributed by atoms with Gasteiger partial charge in [-0.25, -0.2) is 0 Å². The zero-order valence-electron chi connectivity index (χ0n) is 8.99. The number of aliphatic hydroxyl groups excluding tert-OH is 4. The maximum atomic E-state index is 11.6. The van der Waals surface area contributed by atoms with Crippen molar-refractivity contribution in [1.82, 2.24) is 0 Å². The molecule has 1 aliphatic rings. The maximum Gasteiger partial charge on any atom is 0.180 e. The minimum atomic E-state index is -2.51. The summed E-state index contributed by atoms with van der Waals surface area (Å²) in [6.07, 6.45) is -4.53. The van der Waals surface area contributed by atoms with Gasteiger partial charge in [0.15, 0.2) is 5.78 Å². The Kier molecular flexibility index (Phi) is 3.29. The fourth-order valence-electron chi connectivity index (χ4n) is 1.53. The van der Waals surface area contributed by atoms with E-state index >= 15 is 0 Å². The summed E-state index contributed by atoms with van der Waals surface area (Å²) in [4.78, 5) is 11.6. The molecule has 0 aliphatic heterocycles. The van der Waals surface area contributed by atoms with Crippen molar-refractivity contribution in [3.8, 4) is 0 Å². The van der Waals surface area contributed by atoms with Crippen LogP contribution in [0, 0.1) is 0 Å². The number of thioether (sulfide) groups is 1. The van der Waals surface area contributed by atoms with E-state index < -0.39 is 41.5 Å². The maximum absolute atomic E-state index is 11.6. The molecule has 7 heteroatoms. The van der Waals surface area contributed by atoms with E-state index in [9.17, 15) is 25.2 Å². The molecule has 0 radical (unpaired) electrons. The zero-order valence-corrected chi connectivity index (χ0v) is 8.81. The van der Waals surface area contributed by atoms with Gasteiger partial charge in [-0.15, -0.1) is 0 Å². The van der Waals surface area contributed by atoms with E-state index in [2.05, 4.69) is 0 Å². The summed E-state index contributed by atoms with van der Waals surface area (Å²) < 4.78 is 7.75. The Morgan fingerprint density at radius 1 is 1.53 bits per heavy atom. The van der Waals surface area contributed by atoms with Crippen molar-refractivity contribution in [3.05, 3.63) is 0 Å². The molecular weight excluding hydrogens is 224 g/mol. The first-order valence-electron chi connectivity index (χ1n) is 4.73. The van der Waals surface area contributed by atoms with Crippen LogP contribution in [0.3, 0.4) is 0 Å². The molecule has 0 aromatic rings. The molecule has 0 bridgehead atoms. The van der Waals surface area contributed by atoms with Crippen LogP contribution in [-0.2, 0) is 4.79 Å². The van der Waals surface area contributed by atoms with Crippen molar-refractivity contribution in [2.75, 3.05) is 12.9 Å². The van der Waals surface area contributed by atoms with Gasteiger partial charge in [-0.3, -0.25) is 4.79 Å². The average Bonchev–Trinajstić information content (AvgIpc) is 2.31. The Balaban J connectivity index is 3.28. The van der Waals surface area contributed by atoms with Gasteiger partial charge < -0.3 is 25.5 Å². The second kappa shape index (κ2) is 4.36. The van der Waals surface area contributed by atoms with Crippen LogP contribution in [0.25, 0.3) is 0 Å². The molecular formula is C8H14O6S. The third kappa shape index (κ3) is 1.79. The monoisotopic (exact) mass is 239 g/mol. The summed E-state index contributed by atoms with van der Waals surface area (Å²) in [6, 6.07) is 0. The van der Waals surface area contributed by atoms with Gasteiger partial charge in [0.05, 0.1) is 13.2 Å². The number of carbonyl (C=O) groups excluding carboxylic acids is 1. The van der Waals surface area contributed by atoms with Crippen molar-refractivity contribution >= 4 is 17.5 Å². The number of aliphatic hydroxyl groups is 5. The van der Waals surface area contributed by atoms with Gasteiger partial charge >= 0.3 is 0 Å². The van der Waals surface area contributed by atoms with Crippen molar-refractivity contribution in [2.45, 2.75) is 29.1 Å². The van der Waals surface area contributed by atoms with Gasteiger partial charge in [0.1, 0.15) is 23.9 Å². The SMILES string of the molecule is [2H][C@]1(SC)C(=O)[C@H](O)[C@@H](O)[C@H](O)[C@]1(O)CO. The van der Waals surface area contributed by atoms with Crippen LogP contribution in [0.5, 0.6) is 0 Å². The normalized spacial score (nSPS) is 52.8. The Labute approximate surface area is 91.9 Å². The minimum Gasteiger partial charge on any atom is -0.393 e. The highest BCUT2D eigenvalue weighted by Crippen LogP contribution is 2.33. The summed E-state index contributed by atoms with van der Waals surface area (Å²) in [5.74, 6) is -1.14. The van der Waals surface area contributed by atoms with Crippen LogP contribution in [-0.4, -0.2) is 73.3 Å². The zero-order chi connectivity index (χ0) is 12.7. The number of rotatable bonds is 2. The average molecular weight is 239 g/mol. The van der Waals surface area contributed by atoms with Crippen LogP contribution in [0.15, 0.2) is 0 Å². The number of ketones is 1. The fraction of sp³-hybridized carbons (Fsp3) is 0.875. The molecule has 0 aromatic carbocycles. The van der Waals surface area contributed by atoms with Gasteiger partial charge in [0.2, 0.25) is 0 Å². The quantitative estimate of drug-likeness (QED) is 0.351. The predicted octanol–water partition coefficient (Wildman–Crippen LogP) is -2.89. The first kappa shape index (κ1) is 11.3. The first-order valence-corrected chi connectivity index (χ1v) is 5.45. The van der Waals surface area contributed by atoms with Gasteiger partial charge in [-0.1, -0.05) is 0 Å². The van der Waals surface area contributed by atoms with Crippen LogP contribution in [0.1, 0.15) is 1.37 Å². The van der Waals surface area contributed by atoms with E-state index in [4.69, 9.17) is 6.48 Å². The fourth-order valence-corrected chi connectivity index (χ4v) is 2.40. The largest absolute Gasteiger partial charge is 0.393 e. The topological polar surface area (TPSA) is 118 Å². The molecule has 15 heavy (non-hydrogen) atoms. The molecule has 1 fully saturated rings. The van der Waals surface area contributed by atoms with E-state index in [0.29, 0.717) is 11.8 Å². The van der Waals surface area contributed by atoms with Crippen LogP contribution < -0.4 is 0 Å². The lowest BCUT2D eigenvalue weighted by molar-refractivity contribution is -0.195. The lowest BCUT2D eigenvalue weighted by Gasteiger charge is -2.44. The van der Waals surface area contributed by atoms with Gasteiger partial charge in [0, 0.05) is 0 Å². The van der Waals surface area contributed by atoms with Crippen molar-refractivity contribution in [1.29, 1.82) is 0 Å². The molecule has 0 saturated heterocycles. The molecule has 5 N–H and O–H groups in total. The van der Waals surface area contributed by atoms with E-state index in [0.717, 1.165) is 0 Å². The van der Waals surface area contributed by atoms with Crippen molar-refractivity contribution in [3.63, 3.8) is 0 Å². The Morgan fingerprint density at radius 2 is 2.07 bits per heavy atom. The molecule has 1 saturated carbocycles. The molecule has 1 rings (SSSR count). The standard InChI is InChI=1S/C8H14O6S/c1-15-7-5(12)3(10)4(11)6(13)8(7,14)2-9/h3-4,6-7,9-11,13-14H,2H2,1H3/t3-,4-,6+,7+,8-/m1/s1/i7D. The van der Waals surface area contributed by atoms with E-state index in [1.807, 2.05) is 0 Å². The van der Waals surface area contributed by atoms with Crippen molar-refractivity contribution in [2.24, 2.45) is 0 Å². The van der Waals surface area contributed by atoms with Crippen LogP contribution in [0.4, 0.5) is 0 Å². The summed E-state index contributed by atoms with van der Waals surface area (Å²) in [6.45, 7) is -1.08. The first-order chi connectivity index (χ1) is 7.26. The summed E-state index contributed by atoms with van der Waals surface area (Å²) in [5.41, 5.74) is -2.51. The molecule has 5 atom stereocenters. The number of hydrogen-bond acceptors (Lipinski definition) is 7. The van der Waals surface area contributed by atoms with Gasteiger partial charge in [-0.05, 0) is 6.26 Å². The Hall–Kier alpha value is -0.180. The molecule has 88 valence electrons. The van der Waals surface area contributed by atoms with E-state index in [1.54, 1.807) is 0 Å². The molecule has 0 amide bonds. The van der Waals surface area contributed by atoms with E-state index in [1.165, 1.54) is 6.26 Å². The number of carbonyl (C=O) groups is 1. The van der Waals surface area contributed by atoms with Gasteiger partial charge in [-0.2, -0.15) is 11.8 Å². The molecule has 1 aliphatic carbocycles. The summed E-state index contributed by atoms with van der Waals surface area (Å²) in [7, 11) is 0. The minimum absolute atomic E-state index is 0.573. The Morgan fingerprint density at radius 3 is 2.47 bits per heavy atom. The summed E-state index contributed by atoms with van der Waals surface area (Å²) in [5, 5.41) is 44.8. The smallest absolute Gasteiger partial charge is 0.180 e. The highest BCUT2D eigenvalue weighted by molar-refractivity contribution is 8.00. The third-order valence-corrected chi connectivity index (χ3v) is 3.43. The molecule has 0 spiro atoms. The lowest BCUT2D eigenvalue weighted by Crippen LogP contribution is -2.69. The predicted molar refractivity (Wildman–Crippen MR) is 52.4 cm³/mol. The second-order valence-electron chi connectivity index (χ2n) is 3.36. The Bertz CT molecular complexity index is 302. The number of hydrogen-bond donors (Lipinski definition) is 5. The summed E-state index contributed by atoms with van der Waals surface area (Å²) >= 11 is 0.573. The highest BCUT2D eigenvalue weighted by atomic mass is 32.2. The van der Waals surface area contributed by atoms with Crippen molar-refractivity contribution < 1.29 is 31.7 Å².